The number of carbonyl (C=O) groups is 1. The van der Waals surface area contributed by atoms with Crippen molar-refractivity contribution in [1.29, 1.82) is 0 Å². The number of anilines is 2. The Morgan fingerprint density at radius 2 is 2.32 bits per heavy atom. The summed E-state index contributed by atoms with van der Waals surface area (Å²) in [5.74, 6) is 0.532. The highest BCUT2D eigenvalue weighted by atomic mass is 16.4. The standard InChI is InChI=1S/C11H13N5O3/c1-6-7(5-17)9(14-11(12)13-6)15-16-10(18)8-3-2-4-19-8/h2-5,10,16,18H,1H3,(H3,12,13,14,15). The number of aromatic nitrogens is 2. The van der Waals surface area contributed by atoms with Gasteiger partial charge in [-0.25, -0.2) is 10.4 Å². The maximum Gasteiger partial charge on any atom is 0.222 e. The highest BCUT2D eigenvalue weighted by Gasteiger charge is 2.13. The Hall–Kier alpha value is -2.45. The lowest BCUT2D eigenvalue weighted by molar-refractivity contribution is 0.112. The van der Waals surface area contributed by atoms with E-state index in [1.165, 1.54) is 6.26 Å². The molecule has 8 nitrogen and oxygen atoms in total. The molecule has 2 aromatic rings. The van der Waals surface area contributed by atoms with Crippen molar-refractivity contribution in [3.05, 3.63) is 35.4 Å². The Labute approximate surface area is 108 Å². The van der Waals surface area contributed by atoms with E-state index < -0.39 is 6.23 Å². The zero-order chi connectivity index (χ0) is 13.8. The van der Waals surface area contributed by atoms with Crippen LogP contribution < -0.4 is 16.6 Å². The highest BCUT2D eigenvalue weighted by molar-refractivity contribution is 5.84. The van der Waals surface area contributed by atoms with E-state index in [9.17, 15) is 9.90 Å². The number of furan rings is 1. The maximum absolute atomic E-state index is 11.0. The minimum atomic E-state index is -1.09. The molecule has 0 aliphatic heterocycles. The Balaban J connectivity index is 2.13. The third kappa shape index (κ3) is 2.87. The van der Waals surface area contributed by atoms with Crippen LogP contribution in [0.4, 0.5) is 11.8 Å². The molecule has 19 heavy (non-hydrogen) atoms. The first-order chi connectivity index (χ1) is 9.11. The SMILES string of the molecule is Cc1nc(N)nc(NNC(O)c2ccco2)c1C=O. The summed E-state index contributed by atoms with van der Waals surface area (Å²) in [6, 6.07) is 3.24. The first-order valence-corrected chi connectivity index (χ1v) is 5.44. The van der Waals surface area contributed by atoms with Crippen LogP contribution in [0.3, 0.4) is 0 Å². The number of nitrogens with one attached hydrogen (secondary N) is 2. The second kappa shape index (κ2) is 5.46. The molecule has 1 unspecified atom stereocenters. The predicted molar refractivity (Wildman–Crippen MR) is 67.0 cm³/mol. The van der Waals surface area contributed by atoms with E-state index in [4.69, 9.17) is 10.2 Å². The smallest absolute Gasteiger partial charge is 0.222 e. The molecular formula is C11H13N5O3. The van der Waals surface area contributed by atoms with Gasteiger partial charge in [0.05, 0.1) is 17.5 Å². The van der Waals surface area contributed by atoms with E-state index in [0.717, 1.165) is 0 Å². The van der Waals surface area contributed by atoms with Crippen LogP contribution in [0.2, 0.25) is 0 Å². The molecule has 0 aliphatic carbocycles. The number of nitrogens with two attached hydrogens (primary N) is 1. The zero-order valence-corrected chi connectivity index (χ0v) is 10.1. The van der Waals surface area contributed by atoms with Gasteiger partial charge in [0.2, 0.25) is 5.95 Å². The summed E-state index contributed by atoms with van der Waals surface area (Å²) in [6.07, 6.45) is 0.952. The number of nitrogens with zero attached hydrogens (tertiary/aromatic N) is 2. The fourth-order valence-corrected chi connectivity index (χ4v) is 1.49. The quantitative estimate of drug-likeness (QED) is 0.346. The summed E-state index contributed by atoms with van der Waals surface area (Å²) < 4.78 is 5.01. The molecule has 8 heteroatoms. The van der Waals surface area contributed by atoms with Crippen LogP contribution in [-0.2, 0) is 0 Å². The molecule has 5 N–H and O–H groups in total. The monoisotopic (exact) mass is 263 g/mol. The van der Waals surface area contributed by atoms with Crippen LogP contribution in [0.5, 0.6) is 0 Å². The molecular weight excluding hydrogens is 250 g/mol. The molecule has 0 amide bonds. The molecule has 0 aliphatic rings. The predicted octanol–water partition coefficient (Wildman–Crippen LogP) is 0.380. The second-order valence-corrected chi connectivity index (χ2v) is 3.73. The van der Waals surface area contributed by atoms with Gasteiger partial charge in [0, 0.05) is 0 Å². The number of aliphatic hydroxyl groups excluding tert-OH is 1. The second-order valence-electron chi connectivity index (χ2n) is 3.73. The first kappa shape index (κ1) is 13.0. The number of hydrazine groups is 1. The van der Waals surface area contributed by atoms with Crippen LogP contribution in [0.25, 0.3) is 0 Å². The Morgan fingerprint density at radius 1 is 1.53 bits per heavy atom. The molecule has 2 rings (SSSR count). The molecule has 0 fully saturated rings. The Bertz CT molecular complexity index is 570. The van der Waals surface area contributed by atoms with Gasteiger partial charge in [0.25, 0.3) is 0 Å². The largest absolute Gasteiger partial charge is 0.465 e. The fourth-order valence-electron chi connectivity index (χ4n) is 1.49. The van der Waals surface area contributed by atoms with Crippen molar-refractivity contribution in [2.45, 2.75) is 13.2 Å². The van der Waals surface area contributed by atoms with Crippen LogP contribution in [0, 0.1) is 6.92 Å². The van der Waals surface area contributed by atoms with Crippen LogP contribution in [0.1, 0.15) is 28.0 Å². The Morgan fingerprint density at radius 3 is 2.95 bits per heavy atom. The number of rotatable bonds is 5. The van der Waals surface area contributed by atoms with Gasteiger partial charge >= 0.3 is 0 Å². The van der Waals surface area contributed by atoms with E-state index in [-0.39, 0.29) is 17.3 Å². The normalized spacial score (nSPS) is 12.1. The van der Waals surface area contributed by atoms with Gasteiger partial charge in [0.1, 0.15) is 5.76 Å². The summed E-state index contributed by atoms with van der Waals surface area (Å²) in [5, 5.41) is 9.74. The average Bonchev–Trinajstić information content (AvgIpc) is 2.89. The van der Waals surface area contributed by atoms with Gasteiger partial charge in [0.15, 0.2) is 18.3 Å². The van der Waals surface area contributed by atoms with Gasteiger partial charge in [-0.2, -0.15) is 4.98 Å². The van der Waals surface area contributed by atoms with Crippen LogP contribution >= 0.6 is 0 Å². The number of nitrogen functional groups attached to an aromatic ring is 1. The van der Waals surface area contributed by atoms with Crippen molar-refractivity contribution in [2.24, 2.45) is 0 Å². The lowest BCUT2D eigenvalue weighted by Gasteiger charge is -2.14. The minimum Gasteiger partial charge on any atom is -0.465 e. The van der Waals surface area contributed by atoms with E-state index in [0.29, 0.717) is 17.7 Å². The molecule has 0 bridgehead atoms. The van der Waals surface area contributed by atoms with Crippen molar-refractivity contribution in [1.82, 2.24) is 15.4 Å². The first-order valence-electron chi connectivity index (χ1n) is 5.44. The van der Waals surface area contributed by atoms with E-state index in [2.05, 4.69) is 20.8 Å². The number of hydrogen-bond acceptors (Lipinski definition) is 8. The lowest BCUT2D eigenvalue weighted by atomic mass is 10.2. The third-order valence-corrected chi connectivity index (χ3v) is 2.41. The molecule has 1 atom stereocenters. The molecule has 0 radical (unpaired) electrons. The number of aryl methyl sites for hydroxylation is 1. The molecule has 0 spiro atoms. The third-order valence-electron chi connectivity index (χ3n) is 2.41. The molecule has 2 aromatic heterocycles. The summed E-state index contributed by atoms with van der Waals surface area (Å²) in [4.78, 5) is 18.7. The topological polar surface area (TPSA) is 126 Å². The Kier molecular flexibility index (Phi) is 3.74. The maximum atomic E-state index is 11.0. The van der Waals surface area contributed by atoms with Gasteiger partial charge in [-0.15, -0.1) is 0 Å². The van der Waals surface area contributed by atoms with Gasteiger partial charge in [-0.1, -0.05) is 0 Å². The minimum absolute atomic E-state index is 0.0277. The van der Waals surface area contributed by atoms with Crippen LogP contribution in [-0.4, -0.2) is 21.4 Å². The molecule has 0 aromatic carbocycles. The lowest BCUT2D eigenvalue weighted by Crippen LogP contribution is -2.28. The summed E-state index contributed by atoms with van der Waals surface area (Å²) in [7, 11) is 0. The van der Waals surface area contributed by atoms with E-state index in [1.54, 1.807) is 19.1 Å². The van der Waals surface area contributed by atoms with Crippen molar-refractivity contribution in [3.8, 4) is 0 Å². The van der Waals surface area contributed by atoms with E-state index >= 15 is 0 Å². The number of carbonyl (C=O) groups excluding carboxylic acids is 1. The van der Waals surface area contributed by atoms with Crippen LogP contribution in [0.15, 0.2) is 22.8 Å². The molecule has 0 saturated carbocycles. The van der Waals surface area contributed by atoms with Crippen molar-refractivity contribution in [2.75, 3.05) is 11.2 Å². The molecule has 100 valence electrons. The van der Waals surface area contributed by atoms with Crippen molar-refractivity contribution < 1.29 is 14.3 Å². The number of aliphatic hydroxyl groups is 1. The summed E-state index contributed by atoms with van der Waals surface area (Å²) >= 11 is 0. The zero-order valence-electron chi connectivity index (χ0n) is 10.1. The summed E-state index contributed by atoms with van der Waals surface area (Å²) in [5.41, 5.74) is 11.3. The fraction of sp³-hybridized carbons (Fsp3) is 0.182. The average molecular weight is 263 g/mol. The molecule has 0 saturated heterocycles. The van der Waals surface area contributed by atoms with Crippen molar-refractivity contribution in [3.63, 3.8) is 0 Å². The highest BCUT2D eigenvalue weighted by Crippen LogP contribution is 2.15. The van der Waals surface area contributed by atoms with Crippen molar-refractivity contribution >= 4 is 18.1 Å². The summed E-state index contributed by atoms with van der Waals surface area (Å²) in [6.45, 7) is 1.63. The molecule has 2 heterocycles. The van der Waals surface area contributed by atoms with Gasteiger partial charge in [-0.05, 0) is 19.1 Å². The number of hydrogen-bond donors (Lipinski definition) is 4. The van der Waals surface area contributed by atoms with Gasteiger partial charge < -0.3 is 20.7 Å². The van der Waals surface area contributed by atoms with E-state index in [1.807, 2.05) is 0 Å². The van der Waals surface area contributed by atoms with Gasteiger partial charge in [-0.3, -0.25) is 4.79 Å². The number of aldehydes is 1.